The normalized spacial score (nSPS) is 15.0. The highest BCUT2D eigenvalue weighted by atomic mass is 35.5. The Balaban J connectivity index is 1.85. The molecule has 7 heteroatoms. The molecule has 3 aromatic rings. The van der Waals surface area contributed by atoms with Gasteiger partial charge in [0.05, 0.1) is 28.9 Å². The number of ether oxygens (including phenoxy) is 2. The van der Waals surface area contributed by atoms with Gasteiger partial charge in [-0.05, 0) is 55.2 Å². The van der Waals surface area contributed by atoms with Gasteiger partial charge in [0.1, 0.15) is 5.82 Å². The quantitative estimate of drug-likeness (QED) is 0.520. The van der Waals surface area contributed by atoms with Crippen molar-refractivity contribution in [2.45, 2.75) is 25.9 Å². The molecule has 0 fully saturated rings. The second-order valence-corrected chi connectivity index (χ2v) is 7.61. The molecule has 1 aliphatic carbocycles. The molecule has 0 amide bonds. The lowest BCUT2D eigenvalue weighted by Crippen LogP contribution is -2.26. The number of aromatic nitrogens is 1. The maximum Gasteiger partial charge on any atom is 0.346 e. The van der Waals surface area contributed by atoms with Crippen molar-refractivity contribution in [2.24, 2.45) is 0 Å². The lowest BCUT2D eigenvalue weighted by Gasteiger charge is -2.15. The van der Waals surface area contributed by atoms with Crippen LogP contribution in [0.2, 0.25) is 5.02 Å². The van der Waals surface area contributed by atoms with E-state index < -0.39 is 23.9 Å². The highest BCUT2D eigenvalue weighted by molar-refractivity contribution is 6.32. The molecule has 1 heterocycles. The number of fused-ring (bicyclic) bond motifs is 2. The Morgan fingerprint density at radius 1 is 1.16 bits per heavy atom. The molecule has 5 nitrogen and oxygen atoms in total. The van der Waals surface area contributed by atoms with Crippen molar-refractivity contribution in [1.82, 2.24) is 4.98 Å². The van der Waals surface area contributed by atoms with Crippen LogP contribution in [0.15, 0.2) is 42.5 Å². The summed E-state index contributed by atoms with van der Waals surface area (Å²) in [5.41, 5.74) is 3.34. The molecule has 158 valence electrons. The first-order chi connectivity index (χ1) is 14.9. The third-order valence-corrected chi connectivity index (χ3v) is 5.61. The number of halogens is 2. The van der Waals surface area contributed by atoms with Gasteiger partial charge in [0.25, 0.3) is 0 Å². The molecule has 1 atom stereocenters. The molecular weight excluding hydrogens is 421 g/mol. The number of pyridine rings is 1. The van der Waals surface area contributed by atoms with Crippen molar-refractivity contribution in [1.29, 1.82) is 0 Å². The summed E-state index contributed by atoms with van der Waals surface area (Å²) in [4.78, 5) is 29.5. The van der Waals surface area contributed by atoms with E-state index in [-0.39, 0.29) is 5.56 Å². The number of carbonyl (C=O) groups is 2. The van der Waals surface area contributed by atoms with E-state index in [1.54, 1.807) is 30.3 Å². The molecule has 1 aliphatic rings. The van der Waals surface area contributed by atoms with Gasteiger partial charge in [-0.3, -0.25) is 0 Å². The van der Waals surface area contributed by atoms with Crippen LogP contribution >= 0.6 is 11.6 Å². The van der Waals surface area contributed by atoms with Crippen LogP contribution in [0.5, 0.6) is 0 Å². The van der Waals surface area contributed by atoms with Crippen molar-refractivity contribution in [3.63, 3.8) is 0 Å². The molecule has 0 aliphatic heterocycles. The van der Waals surface area contributed by atoms with Crippen molar-refractivity contribution < 1.29 is 23.5 Å². The predicted octanol–water partition coefficient (Wildman–Crippen LogP) is 5.23. The minimum atomic E-state index is -1.05. The lowest BCUT2D eigenvalue weighted by atomic mass is 10.0. The van der Waals surface area contributed by atoms with Gasteiger partial charge in [-0.25, -0.2) is 19.0 Å². The lowest BCUT2D eigenvalue weighted by molar-refractivity contribution is -0.149. The molecule has 0 saturated carbocycles. The monoisotopic (exact) mass is 439 g/mol. The summed E-state index contributed by atoms with van der Waals surface area (Å²) in [7, 11) is 1.23. The van der Waals surface area contributed by atoms with Crippen LogP contribution in [-0.4, -0.2) is 30.1 Å². The van der Waals surface area contributed by atoms with Gasteiger partial charge < -0.3 is 9.47 Å². The number of benzene rings is 2. The molecule has 0 N–H and O–H groups in total. The van der Waals surface area contributed by atoms with E-state index in [0.717, 1.165) is 5.57 Å². The van der Waals surface area contributed by atoms with Gasteiger partial charge in [-0.15, -0.1) is 0 Å². The second kappa shape index (κ2) is 8.47. The van der Waals surface area contributed by atoms with Gasteiger partial charge >= 0.3 is 11.9 Å². The van der Waals surface area contributed by atoms with E-state index in [9.17, 15) is 14.0 Å². The zero-order valence-corrected chi connectivity index (χ0v) is 17.7. The maximum atomic E-state index is 14.3. The summed E-state index contributed by atoms with van der Waals surface area (Å²) < 4.78 is 24.3. The highest BCUT2D eigenvalue weighted by Crippen LogP contribution is 2.38. The largest absolute Gasteiger partial charge is 0.466 e. The van der Waals surface area contributed by atoms with E-state index in [2.05, 4.69) is 4.74 Å². The number of esters is 2. The minimum Gasteiger partial charge on any atom is -0.466 e. The molecule has 2 aromatic carbocycles. The summed E-state index contributed by atoms with van der Waals surface area (Å²) in [6.45, 7) is 1.46. The molecular formula is C24H19ClFNO4. The summed E-state index contributed by atoms with van der Waals surface area (Å²) in [5, 5.41) is 0.932. The summed E-state index contributed by atoms with van der Waals surface area (Å²) in [6, 6.07) is 11.7. The molecule has 31 heavy (non-hydrogen) atoms. The van der Waals surface area contributed by atoms with E-state index >= 15 is 0 Å². The van der Waals surface area contributed by atoms with Crippen molar-refractivity contribution in [3.05, 3.63) is 75.7 Å². The molecule has 4 rings (SSSR count). The number of allylic oxidation sites excluding steroid dienone is 1. The Morgan fingerprint density at radius 2 is 1.94 bits per heavy atom. The zero-order valence-electron chi connectivity index (χ0n) is 16.9. The Labute approximate surface area is 183 Å². The predicted molar refractivity (Wildman–Crippen MR) is 116 cm³/mol. The van der Waals surface area contributed by atoms with Crippen LogP contribution in [-0.2, 0) is 20.7 Å². The summed E-state index contributed by atoms with van der Waals surface area (Å²) >= 11 is 6.19. The van der Waals surface area contributed by atoms with Gasteiger partial charge in [-0.2, -0.15) is 0 Å². The first-order valence-corrected chi connectivity index (χ1v) is 10.1. The van der Waals surface area contributed by atoms with E-state index in [1.165, 1.54) is 20.1 Å². The smallest absolute Gasteiger partial charge is 0.346 e. The van der Waals surface area contributed by atoms with Crippen LogP contribution < -0.4 is 0 Å². The van der Waals surface area contributed by atoms with Crippen LogP contribution in [0.25, 0.3) is 22.6 Å². The maximum absolute atomic E-state index is 14.3. The molecule has 0 saturated heterocycles. The van der Waals surface area contributed by atoms with Gasteiger partial charge in [0.2, 0.25) is 0 Å². The molecule has 0 radical (unpaired) electrons. The third kappa shape index (κ3) is 3.91. The average Bonchev–Trinajstić information content (AvgIpc) is 3.15. The molecule has 1 aromatic heterocycles. The van der Waals surface area contributed by atoms with Crippen LogP contribution in [0.3, 0.4) is 0 Å². The Bertz CT molecular complexity index is 1220. The minimum absolute atomic E-state index is 0.283. The van der Waals surface area contributed by atoms with Gasteiger partial charge in [-0.1, -0.05) is 35.9 Å². The highest BCUT2D eigenvalue weighted by Gasteiger charge is 2.29. The average molecular weight is 440 g/mol. The zero-order chi connectivity index (χ0) is 22.1. The Morgan fingerprint density at radius 3 is 2.68 bits per heavy atom. The molecule has 0 bridgehead atoms. The Hall–Kier alpha value is -3.25. The fourth-order valence-electron chi connectivity index (χ4n) is 3.77. The second-order valence-electron chi connectivity index (χ2n) is 7.21. The number of rotatable bonds is 4. The van der Waals surface area contributed by atoms with Crippen LogP contribution in [0, 0.1) is 5.82 Å². The van der Waals surface area contributed by atoms with Crippen molar-refractivity contribution >= 4 is 46.1 Å². The first-order valence-electron chi connectivity index (χ1n) is 9.76. The van der Waals surface area contributed by atoms with Crippen molar-refractivity contribution in [3.8, 4) is 0 Å². The number of nitrogens with zero attached hydrogens (tertiary/aromatic N) is 1. The standard InChI is InChI=1S/C24H19ClFNO4/c1-13(23(28)30-2)31-24(29)21-15-6-3-4-9-20(15)27-22-14(10-11-16(21)22)12-17-18(25)7-5-8-19(17)26/h3-9,12-13H,10-11H2,1-2H3/b14-12+. The summed E-state index contributed by atoms with van der Waals surface area (Å²) in [6.07, 6.45) is 1.73. The molecule has 0 spiro atoms. The number of hydrogen-bond acceptors (Lipinski definition) is 5. The fourth-order valence-corrected chi connectivity index (χ4v) is 3.99. The molecule has 1 unspecified atom stereocenters. The van der Waals surface area contributed by atoms with E-state index in [4.69, 9.17) is 21.3 Å². The van der Waals surface area contributed by atoms with E-state index in [1.807, 2.05) is 12.1 Å². The number of carbonyl (C=O) groups excluding carboxylic acids is 2. The fraction of sp³-hybridized carbons (Fsp3) is 0.208. The van der Waals surface area contributed by atoms with Gasteiger partial charge in [0, 0.05) is 10.9 Å². The van der Waals surface area contributed by atoms with Crippen molar-refractivity contribution in [2.75, 3.05) is 7.11 Å². The number of hydrogen-bond donors (Lipinski definition) is 0. The van der Waals surface area contributed by atoms with Crippen LogP contribution in [0.4, 0.5) is 4.39 Å². The first kappa shape index (κ1) is 21.0. The van der Waals surface area contributed by atoms with E-state index in [0.29, 0.717) is 45.6 Å². The topological polar surface area (TPSA) is 65.5 Å². The Kier molecular flexibility index (Phi) is 5.74. The van der Waals surface area contributed by atoms with Gasteiger partial charge in [0.15, 0.2) is 6.10 Å². The SMILES string of the molecule is COC(=O)C(C)OC(=O)c1c2c(nc3ccccc13)/C(=C/c1c(F)cccc1Cl)CC2. The third-order valence-electron chi connectivity index (χ3n) is 5.28. The van der Waals surface area contributed by atoms with Crippen LogP contribution in [0.1, 0.15) is 40.5 Å². The number of methoxy groups -OCH3 is 1. The summed E-state index contributed by atoms with van der Waals surface area (Å²) in [5.74, 6) is -1.70. The number of para-hydroxylation sites is 1.